The number of aromatic hydroxyl groups is 1. The van der Waals surface area contributed by atoms with Crippen LogP contribution in [-0.2, 0) is 9.53 Å². The minimum atomic E-state index is -1.84. The summed E-state index contributed by atoms with van der Waals surface area (Å²) in [6.45, 7) is 1.62. The van der Waals surface area contributed by atoms with E-state index < -0.39 is 29.2 Å². The molecule has 16 heavy (non-hydrogen) atoms. The average molecular weight is 293 g/mol. The van der Waals surface area contributed by atoms with Crippen LogP contribution in [0.1, 0.15) is 18.6 Å². The number of carbonyl (C=O) groups excluding carboxylic acids is 1. The molecule has 0 fully saturated rings. The molecule has 1 unspecified atom stereocenters. The van der Waals surface area contributed by atoms with Gasteiger partial charge in [-0.2, -0.15) is 0 Å². The van der Waals surface area contributed by atoms with Crippen LogP contribution >= 0.6 is 15.9 Å². The third-order valence-corrected chi connectivity index (χ3v) is 2.51. The number of aliphatic hydroxyl groups excluding tert-OH is 1. The minimum absolute atomic E-state index is 0.0450. The topological polar surface area (TPSA) is 66.8 Å². The van der Waals surface area contributed by atoms with Crippen molar-refractivity contribution in [3.63, 3.8) is 0 Å². The zero-order valence-electron chi connectivity index (χ0n) is 8.41. The summed E-state index contributed by atoms with van der Waals surface area (Å²) >= 11 is 2.89. The van der Waals surface area contributed by atoms with Crippen molar-refractivity contribution in [2.24, 2.45) is 0 Å². The largest absolute Gasteiger partial charge is 0.507 e. The SMILES string of the molecule is CCOC(=O)C(O)c1c(O)ccc(Br)c1F. The van der Waals surface area contributed by atoms with Crippen molar-refractivity contribution in [2.45, 2.75) is 13.0 Å². The molecule has 0 aromatic heterocycles. The van der Waals surface area contributed by atoms with E-state index in [9.17, 15) is 19.4 Å². The first-order chi connectivity index (χ1) is 7.49. The first-order valence-electron chi connectivity index (χ1n) is 4.50. The Morgan fingerprint density at radius 2 is 2.25 bits per heavy atom. The molecule has 0 amide bonds. The number of hydrogen-bond acceptors (Lipinski definition) is 4. The van der Waals surface area contributed by atoms with Crippen LogP contribution in [0.15, 0.2) is 16.6 Å². The quantitative estimate of drug-likeness (QED) is 0.835. The van der Waals surface area contributed by atoms with E-state index in [0.717, 1.165) is 0 Å². The Morgan fingerprint density at radius 1 is 1.62 bits per heavy atom. The highest BCUT2D eigenvalue weighted by atomic mass is 79.9. The van der Waals surface area contributed by atoms with Crippen molar-refractivity contribution < 1.29 is 24.1 Å². The summed E-state index contributed by atoms with van der Waals surface area (Å²) in [4.78, 5) is 11.2. The normalized spacial score (nSPS) is 12.2. The Kier molecular flexibility index (Phi) is 4.26. The van der Waals surface area contributed by atoms with Gasteiger partial charge in [-0.25, -0.2) is 9.18 Å². The third-order valence-electron chi connectivity index (χ3n) is 1.89. The number of phenols is 1. The molecule has 0 saturated carbocycles. The molecule has 1 rings (SSSR count). The molecule has 0 aliphatic heterocycles. The summed E-state index contributed by atoms with van der Waals surface area (Å²) in [7, 11) is 0. The average Bonchev–Trinajstić information content (AvgIpc) is 2.24. The van der Waals surface area contributed by atoms with Crippen LogP contribution in [0.5, 0.6) is 5.75 Å². The zero-order valence-corrected chi connectivity index (χ0v) is 9.99. The van der Waals surface area contributed by atoms with Crippen LogP contribution in [0.3, 0.4) is 0 Å². The second-order valence-electron chi connectivity index (χ2n) is 2.95. The molecule has 1 atom stereocenters. The van der Waals surface area contributed by atoms with E-state index in [0.29, 0.717) is 0 Å². The van der Waals surface area contributed by atoms with E-state index in [1.54, 1.807) is 6.92 Å². The molecule has 0 saturated heterocycles. The van der Waals surface area contributed by atoms with E-state index in [1.165, 1.54) is 12.1 Å². The van der Waals surface area contributed by atoms with Gasteiger partial charge in [0.1, 0.15) is 11.6 Å². The molecule has 0 spiro atoms. The molecule has 6 heteroatoms. The van der Waals surface area contributed by atoms with Gasteiger partial charge in [0.15, 0.2) is 6.10 Å². The molecule has 4 nitrogen and oxygen atoms in total. The van der Waals surface area contributed by atoms with Crippen molar-refractivity contribution in [1.82, 2.24) is 0 Å². The number of aliphatic hydroxyl groups is 1. The van der Waals surface area contributed by atoms with Gasteiger partial charge in [-0.05, 0) is 35.0 Å². The Bertz CT molecular complexity index is 408. The van der Waals surface area contributed by atoms with Gasteiger partial charge in [-0.1, -0.05) is 0 Å². The highest BCUT2D eigenvalue weighted by Gasteiger charge is 2.26. The Labute approximate surface area is 99.8 Å². The smallest absolute Gasteiger partial charge is 0.339 e. The number of rotatable bonds is 3. The second-order valence-corrected chi connectivity index (χ2v) is 3.80. The number of halogens is 2. The summed E-state index contributed by atoms with van der Waals surface area (Å²) < 4.78 is 18.1. The highest BCUT2D eigenvalue weighted by Crippen LogP contribution is 2.32. The summed E-state index contributed by atoms with van der Waals surface area (Å²) in [5, 5.41) is 18.9. The summed E-state index contributed by atoms with van der Waals surface area (Å²) in [6, 6.07) is 2.44. The number of benzene rings is 1. The molecule has 1 aromatic carbocycles. The van der Waals surface area contributed by atoms with E-state index in [-0.39, 0.29) is 11.1 Å². The molecule has 2 N–H and O–H groups in total. The van der Waals surface area contributed by atoms with Gasteiger partial charge in [0, 0.05) is 0 Å². The summed E-state index contributed by atoms with van der Waals surface area (Å²) in [5.74, 6) is -2.39. The number of esters is 1. The third kappa shape index (κ3) is 2.51. The molecular formula is C10H10BrFO4. The lowest BCUT2D eigenvalue weighted by molar-refractivity contribution is -0.153. The molecule has 0 aliphatic carbocycles. The highest BCUT2D eigenvalue weighted by molar-refractivity contribution is 9.10. The molecule has 88 valence electrons. The van der Waals surface area contributed by atoms with Gasteiger partial charge >= 0.3 is 5.97 Å². The van der Waals surface area contributed by atoms with Gasteiger partial charge in [0.05, 0.1) is 16.6 Å². The van der Waals surface area contributed by atoms with Crippen LogP contribution in [0, 0.1) is 5.82 Å². The predicted molar refractivity (Wildman–Crippen MR) is 57.4 cm³/mol. The summed E-state index contributed by atoms with van der Waals surface area (Å²) in [5.41, 5.74) is -0.493. The standard InChI is InChI=1S/C10H10BrFO4/c1-2-16-10(15)9(14)7-6(13)4-3-5(11)8(7)12/h3-4,9,13-14H,2H2,1H3. The fraction of sp³-hybridized carbons (Fsp3) is 0.300. The first kappa shape index (κ1) is 12.9. The Balaban J connectivity index is 3.12. The van der Waals surface area contributed by atoms with Crippen molar-refractivity contribution in [3.05, 3.63) is 28.0 Å². The van der Waals surface area contributed by atoms with Crippen molar-refractivity contribution in [2.75, 3.05) is 6.61 Å². The molecular weight excluding hydrogens is 283 g/mol. The number of hydrogen-bond donors (Lipinski definition) is 2. The Morgan fingerprint density at radius 3 is 2.81 bits per heavy atom. The van der Waals surface area contributed by atoms with E-state index in [2.05, 4.69) is 20.7 Å². The van der Waals surface area contributed by atoms with Crippen molar-refractivity contribution >= 4 is 21.9 Å². The lowest BCUT2D eigenvalue weighted by Crippen LogP contribution is -2.17. The maximum atomic E-state index is 13.5. The number of phenolic OH excluding ortho intramolecular Hbond substituents is 1. The van der Waals surface area contributed by atoms with Gasteiger partial charge in [0.25, 0.3) is 0 Å². The van der Waals surface area contributed by atoms with Gasteiger partial charge in [-0.3, -0.25) is 0 Å². The van der Waals surface area contributed by atoms with Crippen LogP contribution < -0.4 is 0 Å². The lowest BCUT2D eigenvalue weighted by atomic mass is 10.1. The lowest BCUT2D eigenvalue weighted by Gasteiger charge is -2.13. The van der Waals surface area contributed by atoms with Crippen LogP contribution in [-0.4, -0.2) is 22.8 Å². The van der Waals surface area contributed by atoms with E-state index >= 15 is 0 Å². The van der Waals surface area contributed by atoms with Gasteiger partial charge in [-0.15, -0.1) is 0 Å². The van der Waals surface area contributed by atoms with Gasteiger partial charge < -0.3 is 14.9 Å². The molecule has 0 aliphatic rings. The molecule has 0 bridgehead atoms. The zero-order chi connectivity index (χ0) is 12.3. The van der Waals surface area contributed by atoms with Crippen LogP contribution in [0.2, 0.25) is 0 Å². The van der Waals surface area contributed by atoms with E-state index in [4.69, 9.17) is 0 Å². The minimum Gasteiger partial charge on any atom is -0.507 e. The number of carbonyl (C=O) groups is 1. The fourth-order valence-electron chi connectivity index (χ4n) is 1.16. The first-order valence-corrected chi connectivity index (χ1v) is 5.29. The van der Waals surface area contributed by atoms with Crippen molar-refractivity contribution in [3.8, 4) is 5.75 Å². The second kappa shape index (κ2) is 5.27. The predicted octanol–water partition coefficient (Wildman–Crippen LogP) is 1.89. The Hall–Kier alpha value is -1.14. The molecule has 0 radical (unpaired) electrons. The van der Waals surface area contributed by atoms with Crippen LogP contribution in [0.25, 0.3) is 0 Å². The molecule has 0 heterocycles. The number of ether oxygens (including phenoxy) is 1. The van der Waals surface area contributed by atoms with Crippen molar-refractivity contribution in [1.29, 1.82) is 0 Å². The summed E-state index contributed by atoms with van der Waals surface area (Å²) in [6.07, 6.45) is -1.84. The maximum absolute atomic E-state index is 13.5. The molecule has 1 aromatic rings. The maximum Gasteiger partial charge on any atom is 0.339 e. The van der Waals surface area contributed by atoms with E-state index in [1.807, 2.05) is 0 Å². The van der Waals surface area contributed by atoms with Crippen LogP contribution in [0.4, 0.5) is 4.39 Å². The monoisotopic (exact) mass is 292 g/mol. The fourth-order valence-corrected chi connectivity index (χ4v) is 1.50. The van der Waals surface area contributed by atoms with Gasteiger partial charge in [0.2, 0.25) is 0 Å².